The van der Waals surface area contributed by atoms with Crippen LogP contribution in [0.25, 0.3) is 0 Å². The van der Waals surface area contributed by atoms with Gasteiger partial charge >= 0.3 is 11.7 Å². The summed E-state index contributed by atoms with van der Waals surface area (Å²) in [5.41, 5.74) is -1.50. The van der Waals surface area contributed by atoms with Gasteiger partial charge in [-0.05, 0) is 0 Å². The molecule has 2 saturated heterocycles. The number of rotatable bonds is 2. The number of ether oxygens (including phenoxy) is 2. The molecule has 3 heterocycles. The van der Waals surface area contributed by atoms with E-state index in [9.17, 15) is 29.7 Å². The van der Waals surface area contributed by atoms with Crippen LogP contribution in [0.4, 0.5) is 0 Å². The Morgan fingerprint density at radius 1 is 1.09 bits per heavy atom. The summed E-state index contributed by atoms with van der Waals surface area (Å²) in [6.07, 6.45) is -9.35. The van der Waals surface area contributed by atoms with E-state index in [1.165, 1.54) is 0 Å². The fourth-order valence-electron chi connectivity index (χ4n) is 2.79. The largest absolute Gasteiger partial charge is 0.479 e. The second-order valence-electron chi connectivity index (χ2n) is 5.34. The van der Waals surface area contributed by atoms with Gasteiger partial charge in [-0.1, -0.05) is 0 Å². The summed E-state index contributed by atoms with van der Waals surface area (Å²) in [7, 11) is 0. The first-order valence-corrected chi connectivity index (χ1v) is 6.70. The van der Waals surface area contributed by atoms with Gasteiger partial charge in [-0.15, -0.1) is 0 Å². The molecule has 126 valence electrons. The summed E-state index contributed by atoms with van der Waals surface area (Å²) in [5.74, 6) is -1.51. The van der Waals surface area contributed by atoms with Gasteiger partial charge in [-0.25, -0.2) is 9.59 Å². The zero-order valence-corrected chi connectivity index (χ0v) is 11.5. The lowest BCUT2D eigenvalue weighted by Gasteiger charge is -2.37. The van der Waals surface area contributed by atoms with Gasteiger partial charge in [0.05, 0.1) is 0 Å². The molecule has 11 heteroatoms. The smallest absolute Gasteiger partial charge is 0.335 e. The van der Waals surface area contributed by atoms with E-state index >= 15 is 0 Å². The SMILES string of the molecule is O=C(O)C1OC2C(O)C(n3ccc(=O)[nH]c3=O)OC2C(O)C1O. The first-order chi connectivity index (χ1) is 10.8. The Bertz CT molecular complexity index is 728. The molecule has 1 aromatic rings. The number of fused-ring (bicyclic) bond motifs is 1. The molecule has 3 rings (SSSR count). The molecule has 5 N–H and O–H groups in total. The third-order valence-corrected chi connectivity index (χ3v) is 3.92. The minimum Gasteiger partial charge on any atom is -0.479 e. The Balaban J connectivity index is 1.93. The Morgan fingerprint density at radius 2 is 1.74 bits per heavy atom. The summed E-state index contributed by atoms with van der Waals surface area (Å²) in [6.45, 7) is 0. The number of hydrogen-bond acceptors (Lipinski definition) is 8. The van der Waals surface area contributed by atoms with E-state index in [-0.39, 0.29) is 0 Å². The number of aromatic nitrogens is 2. The average Bonchev–Trinajstić information content (AvgIpc) is 2.80. The van der Waals surface area contributed by atoms with E-state index in [2.05, 4.69) is 0 Å². The van der Waals surface area contributed by atoms with Gasteiger partial charge in [0, 0.05) is 12.3 Å². The second-order valence-corrected chi connectivity index (χ2v) is 5.34. The van der Waals surface area contributed by atoms with Crippen molar-refractivity contribution in [2.75, 3.05) is 0 Å². The molecular formula is C12H14N2O9. The zero-order chi connectivity index (χ0) is 16.9. The Kier molecular flexibility index (Phi) is 3.82. The van der Waals surface area contributed by atoms with Crippen molar-refractivity contribution in [1.82, 2.24) is 9.55 Å². The van der Waals surface area contributed by atoms with Crippen LogP contribution in [0.1, 0.15) is 6.23 Å². The maximum Gasteiger partial charge on any atom is 0.335 e. The lowest BCUT2D eigenvalue weighted by Crippen LogP contribution is -2.60. The highest BCUT2D eigenvalue weighted by Gasteiger charge is 2.57. The average molecular weight is 330 g/mol. The van der Waals surface area contributed by atoms with Crippen molar-refractivity contribution in [2.45, 2.75) is 42.9 Å². The van der Waals surface area contributed by atoms with Crippen LogP contribution in [0.15, 0.2) is 21.9 Å². The highest BCUT2D eigenvalue weighted by Crippen LogP contribution is 2.37. The summed E-state index contributed by atoms with van der Waals surface area (Å²) >= 11 is 0. The predicted octanol–water partition coefficient (Wildman–Crippen LogP) is -3.63. The Morgan fingerprint density at radius 3 is 2.35 bits per heavy atom. The van der Waals surface area contributed by atoms with E-state index in [4.69, 9.17) is 14.6 Å². The summed E-state index contributed by atoms with van der Waals surface area (Å²) < 4.78 is 11.3. The van der Waals surface area contributed by atoms with Crippen LogP contribution in [0.5, 0.6) is 0 Å². The van der Waals surface area contributed by atoms with Crippen LogP contribution in [0.3, 0.4) is 0 Å². The number of carbonyl (C=O) groups is 1. The molecule has 11 nitrogen and oxygen atoms in total. The van der Waals surface area contributed by atoms with Gasteiger partial charge in [-0.2, -0.15) is 0 Å². The highest BCUT2D eigenvalue weighted by molar-refractivity contribution is 5.73. The van der Waals surface area contributed by atoms with E-state index in [1.807, 2.05) is 4.98 Å². The van der Waals surface area contributed by atoms with Crippen LogP contribution in [-0.2, 0) is 14.3 Å². The Hall–Kier alpha value is -2.05. The van der Waals surface area contributed by atoms with Gasteiger partial charge in [0.2, 0.25) is 0 Å². The predicted molar refractivity (Wildman–Crippen MR) is 69.5 cm³/mol. The van der Waals surface area contributed by atoms with Crippen molar-refractivity contribution >= 4 is 5.97 Å². The third-order valence-electron chi connectivity index (χ3n) is 3.92. The van der Waals surface area contributed by atoms with Gasteiger partial charge < -0.3 is 29.9 Å². The molecule has 0 aliphatic carbocycles. The number of aromatic amines is 1. The van der Waals surface area contributed by atoms with E-state index < -0.39 is 60.1 Å². The van der Waals surface area contributed by atoms with Crippen LogP contribution in [-0.4, -0.2) is 72.6 Å². The van der Waals surface area contributed by atoms with Crippen LogP contribution in [0, 0.1) is 0 Å². The number of aliphatic hydroxyl groups is 3. The quantitative estimate of drug-likeness (QED) is 0.367. The molecule has 0 saturated carbocycles. The fraction of sp³-hybridized carbons (Fsp3) is 0.583. The molecule has 2 fully saturated rings. The van der Waals surface area contributed by atoms with Crippen LogP contribution in [0.2, 0.25) is 0 Å². The maximum atomic E-state index is 11.8. The number of carboxylic acids is 1. The molecule has 0 spiro atoms. The molecule has 7 atom stereocenters. The van der Waals surface area contributed by atoms with Crippen molar-refractivity contribution in [2.24, 2.45) is 0 Å². The van der Waals surface area contributed by atoms with E-state index in [1.54, 1.807) is 0 Å². The molecule has 0 bridgehead atoms. The molecule has 7 unspecified atom stereocenters. The van der Waals surface area contributed by atoms with Crippen molar-refractivity contribution in [1.29, 1.82) is 0 Å². The van der Waals surface area contributed by atoms with Gasteiger partial charge in [0.25, 0.3) is 5.56 Å². The van der Waals surface area contributed by atoms with Crippen LogP contribution < -0.4 is 11.2 Å². The standard InChI is InChI=1S/C12H14N2O9/c15-3-1-2-14(12(21)13-3)10-6(18)8-7(23-10)4(16)5(17)9(22-8)11(19)20/h1-2,4-10,16-18H,(H,19,20)(H,13,15,21). The minimum atomic E-state index is -1.76. The normalized spacial score (nSPS) is 39.9. The molecule has 2 aliphatic heterocycles. The zero-order valence-electron chi connectivity index (χ0n) is 11.5. The fourth-order valence-corrected chi connectivity index (χ4v) is 2.79. The van der Waals surface area contributed by atoms with E-state index in [0.717, 1.165) is 16.8 Å². The van der Waals surface area contributed by atoms with Crippen molar-refractivity contribution in [3.05, 3.63) is 33.1 Å². The number of hydrogen-bond donors (Lipinski definition) is 5. The molecule has 0 radical (unpaired) electrons. The monoisotopic (exact) mass is 330 g/mol. The second kappa shape index (κ2) is 5.54. The molecule has 1 aromatic heterocycles. The Labute approximate surface area is 127 Å². The summed E-state index contributed by atoms with van der Waals surface area (Å²) in [5, 5.41) is 39.0. The molecule has 0 amide bonds. The third kappa shape index (κ3) is 2.48. The lowest BCUT2D eigenvalue weighted by molar-refractivity contribution is -0.224. The van der Waals surface area contributed by atoms with Gasteiger partial charge in [0.15, 0.2) is 12.3 Å². The number of nitrogens with one attached hydrogen (secondary N) is 1. The van der Waals surface area contributed by atoms with Crippen molar-refractivity contribution in [3.8, 4) is 0 Å². The summed E-state index contributed by atoms with van der Waals surface area (Å²) in [6, 6.07) is 1.03. The number of aliphatic carboxylic acids is 1. The number of carboxylic acid groups (broad SMARTS) is 1. The van der Waals surface area contributed by atoms with E-state index in [0.29, 0.717) is 0 Å². The highest BCUT2D eigenvalue weighted by atomic mass is 16.6. The first-order valence-electron chi connectivity index (χ1n) is 6.70. The number of nitrogens with zero attached hydrogens (tertiary/aromatic N) is 1. The topological polar surface area (TPSA) is 171 Å². The van der Waals surface area contributed by atoms with Gasteiger partial charge in [-0.3, -0.25) is 14.3 Å². The summed E-state index contributed by atoms with van der Waals surface area (Å²) in [4.78, 5) is 35.8. The van der Waals surface area contributed by atoms with Crippen LogP contribution >= 0.6 is 0 Å². The van der Waals surface area contributed by atoms with Crippen molar-refractivity contribution < 1.29 is 34.7 Å². The lowest BCUT2D eigenvalue weighted by atomic mass is 9.94. The van der Waals surface area contributed by atoms with Gasteiger partial charge in [0.1, 0.15) is 30.5 Å². The molecule has 2 aliphatic rings. The number of aliphatic hydroxyl groups excluding tert-OH is 3. The minimum absolute atomic E-state index is 0.645. The van der Waals surface area contributed by atoms with Crippen molar-refractivity contribution in [3.63, 3.8) is 0 Å². The molecule has 23 heavy (non-hydrogen) atoms. The molecule has 0 aromatic carbocycles. The first kappa shape index (κ1) is 15.8. The number of H-pyrrole nitrogens is 1. The molecular weight excluding hydrogens is 316 g/mol. The maximum absolute atomic E-state index is 11.8.